The standard InChI is InChI=1S/C48H30O/c1-3-14-31(15-4-1)33-26-29-45-44(30-33)43-25-13-24-42(48(43)49-45)36-27-28-41(35-19-8-7-18-34(35)36)47-39-22-11-9-20-37(39)46(32-16-5-2-6-17-32)38-21-10-12-23-40(38)47/h1-30H/i1D,2D,3D,4D,5D,6D,7D,8D,9D,10D,11D,12D,13D,14D,15D,16D,17D,18D,19D,20D,21D,22D,23D,24D,25D,26D,27D,28D,29D,30D. The molecule has 0 saturated carbocycles. The summed E-state index contributed by atoms with van der Waals surface area (Å²) in [5.41, 5.74) is -7.58. The molecule has 0 amide bonds. The summed E-state index contributed by atoms with van der Waals surface area (Å²) in [4.78, 5) is 0. The van der Waals surface area contributed by atoms with E-state index < -0.39 is 280 Å². The highest BCUT2D eigenvalue weighted by Gasteiger charge is 2.20. The molecule has 0 atom stereocenters. The Morgan fingerprint density at radius 1 is 0.306 bits per heavy atom. The molecule has 228 valence electrons. The number of furan rings is 1. The molecule has 1 nitrogen and oxygen atoms in total. The van der Waals surface area contributed by atoms with Crippen LogP contribution in [0.4, 0.5) is 0 Å². The van der Waals surface area contributed by atoms with Crippen molar-refractivity contribution in [2.75, 3.05) is 0 Å². The second kappa shape index (κ2) is 11.1. The summed E-state index contributed by atoms with van der Waals surface area (Å²) in [5.74, 6) is 0. The van der Waals surface area contributed by atoms with Crippen LogP contribution in [0.15, 0.2) is 186 Å². The first-order valence-corrected chi connectivity index (χ1v) is 14.4. The van der Waals surface area contributed by atoms with Gasteiger partial charge in [-0.3, -0.25) is 0 Å². The number of rotatable bonds is 4. The number of benzene rings is 9. The maximum absolute atomic E-state index is 9.95. The van der Waals surface area contributed by atoms with Gasteiger partial charge in [0.1, 0.15) is 11.2 Å². The van der Waals surface area contributed by atoms with Crippen LogP contribution < -0.4 is 0 Å². The lowest BCUT2D eigenvalue weighted by molar-refractivity contribution is 0.670. The zero-order chi connectivity index (χ0) is 58.4. The van der Waals surface area contributed by atoms with Crippen LogP contribution in [-0.4, -0.2) is 0 Å². The largest absolute Gasteiger partial charge is 0.455 e. The summed E-state index contributed by atoms with van der Waals surface area (Å²) in [5, 5.41) is -5.85. The molecule has 0 aliphatic carbocycles. The Labute approximate surface area is 326 Å². The maximum Gasteiger partial charge on any atom is 0.143 e. The van der Waals surface area contributed by atoms with Gasteiger partial charge >= 0.3 is 0 Å². The highest BCUT2D eigenvalue weighted by atomic mass is 16.3. The van der Waals surface area contributed by atoms with E-state index in [9.17, 15) is 13.7 Å². The Balaban J connectivity index is 1.49. The smallest absolute Gasteiger partial charge is 0.143 e. The van der Waals surface area contributed by atoms with Crippen molar-refractivity contribution in [3.8, 4) is 44.5 Å². The fourth-order valence-electron chi connectivity index (χ4n) is 5.91. The molecule has 0 bridgehead atoms. The predicted molar refractivity (Wildman–Crippen MR) is 208 cm³/mol. The topological polar surface area (TPSA) is 13.1 Å². The first-order valence-electron chi connectivity index (χ1n) is 29.4. The molecule has 1 heteroatoms. The van der Waals surface area contributed by atoms with E-state index in [4.69, 9.17) is 31.8 Å². The van der Waals surface area contributed by atoms with Crippen molar-refractivity contribution < 1.29 is 45.5 Å². The Hall–Kier alpha value is -6.44. The number of hydrogen-bond donors (Lipinski definition) is 0. The Morgan fingerprint density at radius 3 is 1.47 bits per heavy atom. The van der Waals surface area contributed by atoms with E-state index in [0.717, 1.165) is 0 Å². The number of para-hydroxylation sites is 1. The lowest BCUT2D eigenvalue weighted by Crippen LogP contribution is -1.92. The van der Waals surface area contributed by atoms with E-state index in [1.165, 1.54) is 0 Å². The molecule has 0 radical (unpaired) electrons. The fraction of sp³-hybridized carbons (Fsp3) is 0. The maximum atomic E-state index is 9.95. The van der Waals surface area contributed by atoms with Gasteiger partial charge in [0.25, 0.3) is 0 Å². The minimum absolute atomic E-state index is 0.571. The van der Waals surface area contributed by atoms with E-state index in [2.05, 4.69) is 0 Å². The first-order chi connectivity index (χ1) is 36.8. The SMILES string of the molecule is [2H]c1c([2H])c([2H])c(-c2c([2H])c([2H])c3oc4c(-c5c([2H])c([2H])c(-c6c7c([2H])c([2H])c([2H])c([2H])c7c(-c7c([2H])c([2H])c([2H])c([2H])c7[2H])c7c([2H])c([2H])c([2H])c([2H])c67)c6c([2H])c([2H])c([2H])c([2H])c56)c([2H])c([2H])c([2H])c4c3c2[2H])c([2H])c1[2H]. The average Bonchev–Trinajstić information content (AvgIpc) is 4.07. The van der Waals surface area contributed by atoms with Crippen LogP contribution in [0.25, 0.3) is 98.8 Å². The van der Waals surface area contributed by atoms with E-state index in [1.807, 2.05) is 0 Å². The van der Waals surface area contributed by atoms with Crippen LogP contribution >= 0.6 is 0 Å². The second-order valence-electron chi connectivity index (χ2n) is 10.5. The molecule has 1 aromatic heterocycles. The van der Waals surface area contributed by atoms with Crippen LogP contribution in [0.5, 0.6) is 0 Å². The molecule has 1 heterocycles. The first kappa shape index (κ1) is 11.1. The van der Waals surface area contributed by atoms with Crippen LogP contribution in [0, 0.1) is 0 Å². The van der Waals surface area contributed by atoms with Gasteiger partial charge in [0, 0.05) is 16.3 Å². The van der Waals surface area contributed by atoms with E-state index in [-0.39, 0.29) is 0 Å². The molecule has 9 aromatic carbocycles. The lowest BCUT2D eigenvalue weighted by Gasteiger charge is -2.19. The zero-order valence-corrected chi connectivity index (χ0v) is 24.4. The van der Waals surface area contributed by atoms with Gasteiger partial charge in [0.15, 0.2) is 0 Å². The summed E-state index contributed by atoms with van der Waals surface area (Å²) in [7, 11) is 0. The van der Waals surface area contributed by atoms with Gasteiger partial charge < -0.3 is 4.42 Å². The van der Waals surface area contributed by atoms with E-state index >= 15 is 0 Å². The highest BCUT2D eigenvalue weighted by molar-refractivity contribution is 6.24. The van der Waals surface area contributed by atoms with Gasteiger partial charge in [-0.1, -0.05) is 169 Å². The third-order valence-electron chi connectivity index (χ3n) is 7.94. The van der Waals surface area contributed by atoms with Gasteiger partial charge in [0.05, 0.1) is 41.1 Å². The van der Waals surface area contributed by atoms with Gasteiger partial charge in [0.2, 0.25) is 0 Å². The molecule has 0 fully saturated rings. The molecule has 49 heavy (non-hydrogen) atoms. The Morgan fingerprint density at radius 2 is 0.816 bits per heavy atom. The summed E-state index contributed by atoms with van der Waals surface area (Å²) in [6.45, 7) is 0. The second-order valence-corrected chi connectivity index (χ2v) is 10.5. The zero-order valence-electron chi connectivity index (χ0n) is 54.4. The molecular formula is C48H30O. The lowest BCUT2D eigenvalue weighted by atomic mass is 9.84. The van der Waals surface area contributed by atoms with E-state index in [0.29, 0.717) is 0 Å². The Bertz CT molecular complexity index is 4460. The van der Waals surface area contributed by atoms with Crippen LogP contribution in [-0.2, 0) is 0 Å². The minimum atomic E-state index is -1.14. The summed E-state index contributed by atoms with van der Waals surface area (Å²) >= 11 is 0. The molecule has 0 N–H and O–H groups in total. The summed E-state index contributed by atoms with van der Waals surface area (Å²) in [6, 6.07) is -29.2. The van der Waals surface area contributed by atoms with Gasteiger partial charge in [-0.15, -0.1) is 0 Å². The van der Waals surface area contributed by atoms with Crippen molar-refractivity contribution in [3.63, 3.8) is 0 Å². The molecule has 0 spiro atoms. The van der Waals surface area contributed by atoms with Crippen LogP contribution in [0.2, 0.25) is 0 Å². The van der Waals surface area contributed by atoms with Crippen LogP contribution in [0.1, 0.15) is 41.1 Å². The number of fused-ring (bicyclic) bond motifs is 6. The fourth-order valence-corrected chi connectivity index (χ4v) is 5.91. The summed E-state index contributed by atoms with van der Waals surface area (Å²) in [6.07, 6.45) is 0. The normalized spacial score (nSPS) is 20.2. The predicted octanol–water partition coefficient (Wildman–Crippen LogP) is 13.7. The monoisotopic (exact) mass is 652 g/mol. The molecule has 10 rings (SSSR count). The molecule has 0 saturated heterocycles. The van der Waals surface area contributed by atoms with E-state index in [1.54, 1.807) is 0 Å². The third kappa shape index (κ3) is 4.33. The molecule has 10 aromatic rings. The van der Waals surface area contributed by atoms with Crippen molar-refractivity contribution in [1.29, 1.82) is 0 Å². The third-order valence-corrected chi connectivity index (χ3v) is 7.94. The average molecular weight is 653 g/mol. The van der Waals surface area contributed by atoms with Crippen molar-refractivity contribution in [1.82, 2.24) is 0 Å². The molecular weight excluding hydrogens is 593 g/mol. The molecule has 0 aliphatic rings. The number of hydrogen-bond acceptors (Lipinski definition) is 1. The van der Waals surface area contributed by atoms with Crippen molar-refractivity contribution in [3.05, 3.63) is 181 Å². The highest BCUT2D eigenvalue weighted by Crippen LogP contribution is 2.47. The Kier molecular flexibility index (Phi) is 2.50. The van der Waals surface area contributed by atoms with Crippen molar-refractivity contribution >= 4 is 54.3 Å². The molecule has 0 aliphatic heterocycles. The quantitative estimate of drug-likeness (QED) is 0.172. The van der Waals surface area contributed by atoms with Gasteiger partial charge in [-0.25, -0.2) is 0 Å². The summed E-state index contributed by atoms with van der Waals surface area (Å²) < 4.78 is 276. The van der Waals surface area contributed by atoms with Crippen molar-refractivity contribution in [2.24, 2.45) is 0 Å². The van der Waals surface area contributed by atoms with Gasteiger partial charge in [-0.05, 0) is 83.3 Å². The van der Waals surface area contributed by atoms with Crippen molar-refractivity contribution in [2.45, 2.75) is 0 Å². The molecule has 0 unspecified atom stereocenters. The van der Waals surface area contributed by atoms with Crippen LogP contribution in [0.3, 0.4) is 0 Å². The minimum Gasteiger partial charge on any atom is -0.455 e. The van der Waals surface area contributed by atoms with Gasteiger partial charge in [-0.2, -0.15) is 0 Å².